The van der Waals surface area contributed by atoms with E-state index in [2.05, 4.69) is 31.2 Å². The second kappa shape index (κ2) is 19.2. The van der Waals surface area contributed by atoms with Gasteiger partial charge in [0.05, 0.1) is 38.6 Å². The van der Waals surface area contributed by atoms with Crippen molar-refractivity contribution < 1.29 is 36.7 Å². The fourth-order valence-corrected chi connectivity index (χ4v) is 12.7. The van der Waals surface area contributed by atoms with Gasteiger partial charge in [0.25, 0.3) is 0 Å². The molecule has 0 heterocycles. The van der Waals surface area contributed by atoms with Gasteiger partial charge >= 0.3 is 15.2 Å². The highest BCUT2D eigenvalue weighted by Gasteiger charge is 2.62. The third kappa shape index (κ3) is 11.6. The van der Waals surface area contributed by atoms with Gasteiger partial charge in [-0.25, -0.2) is 0 Å². The normalized spacial score (nSPS) is 14.3. The van der Waals surface area contributed by atoms with Crippen LogP contribution >= 0.6 is 27.0 Å². The molecule has 0 aliphatic carbocycles. The summed E-state index contributed by atoms with van der Waals surface area (Å²) >= 11 is 1.83. The highest BCUT2D eigenvalue weighted by Crippen LogP contribution is 2.80. The van der Waals surface area contributed by atoms with E-state index in [1.807, 2.05) is 36.0 Å². The molecule has 2 rings (SSSR count). The standard InChI is InChI=1S/C36H60O8P2S/c1-13-34(30-15-19-32(39-11)20-16-30)35(31-17-21-33(40-12)22-18-31)25-47-24-14-23-36(10,45(37,41-26(2)3)42-27(4)5)46(38,43-28(6)7)44-29(8)9/h15-22,26-29,34-35H,13-14,23-25H2,1-12H3. The summed E-state index contributed by atoms with van der Waals surface area (Å²) in [6.45, 7) is 18.3. The van der Waals surface area contributed by atoms with Crippen LogP contribution in [0.2, 0.25) is 0 Å². The van der Waals surface area contributed by atoms with Crippen LogP contribution in [0, 0.1) is 0 Å². The predicted molar refractivity (Wildman–Crippen MR) is 197 cm³/mol. The molecule has 2 aromatic rings. The molecule has 0 spiro atoms. The van der Waals surface area contributed by atoms with Gasteiger partial charge in [-0.15, -0.1) is 0 Å². The molecule has 268 valence electrons. The summed E-state index contributed by atoms with van der Waals surface area (Å²) in [5.41, 5.74) is 2.50. The highest BCUT2D eigenvalue weighted by molar-refractivity contribution is 7.99. The largest absolute Gasteiger partial charge is 0.497 e. The van der Waals surface area contributed by atoms with Crippen molar-refractivity contribution >= 4 is 27.0 Å². The van der Waals surface area contributed by atoms with Gasteiger partial charge in [-0.3, -0.25) is 9.13 Å². The quantitative estimate of drug-likeness (QED) is 0.0873. The molecule has 8 nitrogen and oxygen atoms in total. The number of ether oxygens (including phenoxy) is 2. The topological polar surface area (TPSA) is 89.5 Å². The van der Waals surface area contributed by atoms with Crippen LogP contribution in [0.15, 0.2) is 48.5 Å². The van der Waals surface area contributed by atoms with Crippen LogP contribution < -0.4 is 9.47 Å². The number of rotatable bonds is 22. The lowest BCUT2D eigenvalue weighted by Crippen LogP contribution is -2.33. The van der Waals surface area contributed by atoms with Crippen LogP contribution in [-0.4, -0.2) is 55.0 Å². The maximum Gasteiger partial charge on any atom is 0.349 e. The Labute approximate surface area is 289 Å². The summed E-state index contributed by atoms with van der Waals surface area (Å²) < 4.78 is 64.8. The molecule has 0 radical (unpaired) electrons. The van der Waals surface area contributed by atoms with Crippen molar-refractivity contribution in [2.24, 2.45) is 0 Å². The molecular formula is C36H60O8P2S. The van der Waals surface area contributed by atoms with E-state index in [1.54, 1.807) is 76.5 Å². The Morgan fingerprint density at radius 3 is 1.32 bits per heavy atom. The lowest BCUT2D eigenvalue weighted by atomic mass is 9.81. The van der Waals surface area contributed by atoms with E-state index in [0.717, 1.165) is 29.4 Å². The zero-order valence-corrected chi connectivity index (χ0v) is 33.3. The van der Waals surface area contributed by atoms with Gasteiger partial charge in [0.15, 0.2) is 4.90 Å². The minimum Gasteiger partial charge on any atom is -0.497 e. The van der Waals surface area contributed by atoms with Gasteiger partial charge in [-0.05, 0) is 135 Å². The Hall–Kier alpha value is -1.31. The molecule has 11 heteroatoms. The molecule has 0 saturated carbocycles. The van der Waals surface area contributed by atoms with Gasteiger partial charge < -0.3 is 27.6 Å². The van der Waals surface area contributed by atoms with Gasteiger partial charge in [-0.2, -0.15) is 11.8 Å². The smallest absolute Gasteiger partial charge is 0.349 e. The maximum absolute atomic E-state index is 14.8. The van der Waals surface area contributed by atoms with Crippen LogP contribution in [0.25, 0.3) is 0 Å². The van der Waals surface area contributed by atoms with E-state index < -0.39 is 44.5 Å². The van der Waals surface area contributed by atoms with Crippen molar-refractivity contribution in [3.8, 4) is 11.5 Å². The Kier molecular flexibility index (Phi) is 17.1. The monoisotopic (exact) mass is 714 g/mol. The van der Waals surface area contributed by atoms with E-state index in [9.17, 15) is 9.13 Å². The number of thioether (sulfide) groups is 1. The number of benzene rings is 2. The van der Waals surface area contributed by atoms with Crippen molar-refractivity contribution in [1.29, 1.82) is 0 Å². The fraction of sp³-hybridized carbons (Fsp3) is 0.667. The van der Waals surface area contributed by atoms with Crippen molar-refractivity contribution in [1.82, 2.24) is 0 Å². The average molecular weight is 715 g/mol. The Balaban J connectivity index is 2.41. The number of hydrogen-bond donors (Lipinski definition) is 0. The summed E-state index contributed by atoms with van der Waals surface area (Å²) in [6, 6.07) is 16.7. The molecule has 0 amide bonds. The minimum absolute atomic E-state index is 0.231. The molecular weight excluding hydrogens is 654 g/mol. The van der Waals surface area contributed by atoms with Crippen LogP contribution in [0.4, 0.5) is 0 Å². The highest BCUT2D eigenvalue weighted by atomic mass is 32.2. The second-order valence-electron chi connectivity index (χ2n) is 13.2. The van der Waals surface area contributed by atoms with Gasteiger partial charge in [0.2, 0.25) is 0 Å². The van der Waals surface area contributed by atoms with Crippen molar-refractivity contribution in [3.63, 3.8) is 0 Å². The van der Waals surface area contributed by atoms with E-state index >= 15 is 0 Å². The van der Waals surface area contributed by atoms with Crippen LogP contribution in [0.1, 0.15) is 111 Å². The SMILES string of the molecule is CCC(c1ccc(OC)cc1)C(CSCCCC(C)(P(=O)(OC(C)C)OC(C)C)P(=O)(OC(C)C)OC(C)C)c1ccc(OC)cc1. The molecule has 2 atom stereocenters. The average Bonchev–Trinajstić information content (AvgIpc) is 2.98. The molecule has 47 heavy (non-hydrogen) atoms. The molecule has 0 aliphatic heterocycles. The number of methoxy groups -OCH3 is 2. The summed E-state index contributed by atoms with van der Waals surface area (Å²) in [7, 11) is -4.69. The van der Waals surface area contributed by atoms with Crippen LogP contribution in [-0.2, 0) is 27.2 Å². The first-order chi connectivity index (χ1) is 22.0. The fourth-order valence-electron chi connectivity index (χ4n) is 5.66. The maximum atomic E-state index is 14.8. The Bertz CT molecular complexity index is 1210. The van der Waals surface area contributed by atoms with Gasteiger partial charge in [0.1, 0.15) is 11.5 Å². The van der Waals surface area contributed by atoms with Crippen molar-refractivity contribution in [3.05, 3.63) is 59.7 Å². The first-order valence-corrected chi connectivity index (χ1v) is 21.1. The van der Waals surface area contributed by atoms with Gasteiger partial charge in [0, 0.05) is 5.75 Å². The summed E-state index contributed by atoms with van der Waals surface area (Å²) in [5.74, 6) is 3.78. The molecule has 0 aliphatic rings. The predicted octanol–water partition coefficient (Wildman–Crippen LogP) is 11.3. The van der Waals surface area contributed by atoms with Crippen LogP contribution in [0.3, 0.4) is 0 Å². The third-order valence-corrected chi connectivity index (χ3v) is 16.1. The molecule has 0 saturated heterocycles. The van der Waals surface area contributed by atoms with Crippen molar-refractivity contribution in [2.45, 2.75) is 130 Å². The lowest BCUT2D eigenvalue weighted by Gasteiger charge is -2.42. The zero-order valence-electron chi connectivity index (χ0n) is 30.7. The van der Waals surface area contributed by atoms with E-state index in [-0.39, 0.29) is 18.3 Å². The van der Waals surface area contributed by atoms with E-state index in [4.69, 9.17) is 27.6 Å². The minimum atomic E-state index is -4.02. The molecule has 0 aromatic heterocycles. The first kappa shape index (κ1) is 41.9. The third-order valence-electron chi connectivity index (χ3n) is 7.83. The lowest BCUT2D eigenvalue weighted by molar-refractivity contribution is 0.109. The van der Waals surface area contributed by atoms with Crippen molar-refractivity contribution in [2.75, 3.05) is 25.7 Å². The van der Waals surface area contributed by atoms with Gasteiger partial charge in [-0.1, -0.05) is 31.2 Å². The number of hydrogen-bond acceptors (Lipinski definition) is 9. The molecule has 0 fully saturated rings. The Morgan fingerprint density at radius 1 is 0.638 bits per heavy atom. The molecule has 0 N–H and O–H groups in total. The zero-order chi connectivity index (χ0) is 35.4. The summed E-state index contributed by atoms with van der Waals surface area (Å²) in [5, 5.41) is 0. The van der Waals surface area contributed by atoms with E-state index in [0.29, 0.717) is 6.42 Å². The molecule has 0 bridgehead atoms. The molecule has 2 unspecified atom stereocenters. The second-order valence-corrected chi connectivity index (χ2v) is 19.5. The Morgan fingerprint density at radius 2 is 1.00 bits per heavy atom. The summed E-state index contributed by atoms with van der Waals surface area (Å²) in [6.07, 6.45) is 0.157. The summed E-state index contributed by atoms with van der Waals surface area (Å²) in [4.78, 5) is -1.52. The molecule has 2 aromatic carbocycles. The van der Waals surface area contributed by atoms with Crippen LogP contribution in [0.5, 0.6) is 11.5 Å². The van der Waals surface area contributed by atoms with E-state index in [1.165, 1.54) is 11.1 Å². The first-order valence-electron chi connectivity index (χ1n) is 16.8.